The fourth-order valence-corrected chi connectivity index (χ4v) is 2.74. The first-order valence-corrected chi connectivity index (χ1v) is 6.53. The van der Waals surface area contributed by atoms with Crippen molar-refractivity contribution in [2.24, 2.45) is 11.8 Å². The second-order valence-corrected chi connectivity index (χ2v) is 5.32. The van der Waals surface area contributed by atoms with Gasteiger partial charge in [-0.2, -0.15) is 0 Å². The van der Waals surface area contributed by atoms with Crippen LogP contribution in [0.1, 0.15) is 38.2 Å². The van der Waals surface area contributed by atoms with Crippen LogP contribution >= 0.6 is 0 Å². The molecule has 2 unspecified atom stereocenters. The Hall–Kier alpha value is -1.25. The molecule has 0 amide bonds. The summed E-state index contributed by atoms with van der Waals surface area (Å²) in [4.78, 5) is 12.1. The van der Waals surface area contributed by atoms with E-state index < -0.39 is 11.6 Å². The molecule has 18 heavy (non-hydrogen) atoms. The first-order valence-electron chi connectivity index (χ1n) is 6.53. The van der Waals surface area contributed by atoms with Crippen LogP contribution in [0.5, 0.6) is 0 Å². The molecule has 1 fully saturated rings. The van der Waals surface area contributed by atoms with Crippen LogP contribution in [0.2, 0.25) is 0 Å². The Morgan fingerprint density at radius 2 is 2.11 bits per heavy atom. The largest absolute Gasteiger partial charge is 0.299 e. The quantitative estimate of drug-likeness (QED) is 0.797. The zero-order valence-corrected chi connectivity index (χ0v) is 10.6. The summed E-state index contributed by atoms with van der Waals surface area (Å²) >= 11 is 0. The van der Waals surface area contributed by atoms with Crippen LogP contribution in [0.4, 0.5) is 8.78 Å². The zero-order valence-electron chi connectivity index (χ0n) is 10.6. The lowest BCUT2D eigenvalue weighted by molar-refractivity contribution is -0.123. The van der Waals surface area contributed by atoms with Crippen molar-refractivity contribution in [1.82, 2.24) is 0 Å². The lowest BCUT2D eigenvalue weighted by Gasteiger charge is -2.25. The van der Waals surface area contributed by atoms with E-state index in [0.29, 0.717) is 5.92 Å². The molecule has 0 radical (unpaired) electrons. The Morgan fingerprint density at radius 1 is 1.33 bits per heavy atom. The lowest BCUT2D eigenvalue weighted by Crippen LogP contribution is -2.23. The van der Waals surface area contributed by atoms with Gasteiger partial charge in [0.2, 0.25) is 0 Å². The Morgan fingerprint density at radius 3 is 2.83 bits per heavy atom. The molecule has 0 aliphatic heterocycles. The van der Waals surface area contributed by atoms with Crippen LogP contribution in [0, 0.1) is 23.5 Å². The highest BCUT2D eigenvalue weighted by Crippen LogP contribution is 2.30. The third-order valence-electron chi connectivity index (χ3n) is 3.79. The second kappa shape index (κ2) is 5.59. The van der Waals surface area contributed by atoms with Gasteiger partial charge in [-0.15, -0.1) is 0 Å². The average Bonchev–Trinajstić information content (AvgIpc) is 2.35. The maximum Gasteiger partial charge on any atom is 0.162 e. The number of hydrogen-bond acceptors (Lipinski definition) is 1. The van der Waals surface area contributed by atoms with Crippen LogP contribution in [0.3, 0.4) is 0 Å². The predicted octanol–water partition coefficient (Wildman–Crippen LogP) is 3.90. The lowest BCUT2D eigenvalue weighted by atomic mass is 9.79. The van der Waals surface area contributed by atoms with Gasteiger partial charge in [-0.25, -0.2) is 8.78 Å². The highest BCUT2D eigenvalue weighted by atomic mass is 19.2. The monoisotopic (exact) mass is 252 g/mol. The van der Waals surface area contributed by atoms with E-state index in [9.17, 15) is 13.6 Å². The maximum absolute atomic E-state index is 13.5. The number of carbonyl (C=O) groups is 1. The molecule has 0 heterocycles. The van der Waals surface area contributed by atoms with Gasteiger partial charge in [0.15, 0.2) is 11.6 Å². The van der Waals surface area contributed by atoms with E-state index in [-0.39, 0.29) is 23.7 Å². The third-order valence-corrected chi connectivity index (χ3v) is 3.79. The summed E-state index contributed by atoms with van der Waals surface area (Å²) in [6.07, 6.45) is 4.01. The molecule has 2 atom stereocenters. The highest BCUT2D eigenvalue weighted by Gasteiger charge is 2.25. The predicted molar refractivity (Wildman–Crippen MR) is 66.2 cm³/mol. The summed E-state index contributed by atoms with van der Waals surface area (Å²) in [7, 11) is 0. The molecular weight excluding hydrogens is 234 g/mol. The van der Waals surface area contributed by atoms with Crippen molar-refractivity contribution >= 4 is 5.78 Å². The van der Waals surface area contributed by atoms with Crippen molar-refractivity contribution in [1.29, 1.82) is 0 Å². The van der Waals surface area contributed by atoms with Crippen LogP contribution < -0.4 is 0 Å². The summed E-state index contributed by atoms with van der Waals surface area (Å²) < 4.78 is 26.5. The van der Waals surface area contributed by atoms with Crippen LogP contribution in [-0.4, -0.2) is 5.78 Å². The molecule has 1 aliphatic carbocycles. The van der Waals surface area contributed by atoms with Gasteiger partial charge in [0, 0.05) is 12.3 Å². The molecule has 0 aromatic heterocycles. The van der Waals surface area contributed by atoms with E-state index in [1.807, 2.05) is 0 Å². The number of Topliss-reactive ketones (excluding diaryl/α,β-unsaturated/α-hetero) is 1. The van der Waals surface area contributed by atoms with E-state index in [2.05, 4.69) is 6.92 Å². The molecule has 1 aliphatic rings. The molecule has 0 spiro atoms. The van der Waals surface area contributed by atoms with Gasteiger partial charge in [-0.1, -0.05) is 31.9 Å². The number of ketones is 1. The normalized spacial score (nSPS) is 23.9. The van der Waals surface area contributed by atoms with Crippen molar-refractivity contribution in [3.63, 3.8) is 0 Å². The first kappa shape index (κ1) is 13.2. The van der Waals surface area contributed by atoms with Gasteiger partial charge in [0.25, 0.3) is 0 Å². The van der Waals surface area contributed by atoms with Gasteiger partial charge in [-0.05, 0) is 30.4 Å². The van der Waals surface area contributed by atoms with Crippen molar-refractivity contribution in [2.45, 2.75) is 39.0 Å². The molecule has 1 aromatic carbocycles. The molecule has 1 saturated carbocycles. The van der Waals surface area contributed by atoms with Crippen molar-refractivity contribution < 1.29 is 13.6 Å². The van der Waals surface area contributed by atoms with Crippen LogP contribution in [0.15, 0.2) is 18.2 Å². The first-order chi connectivity index (χ1) is 8.58. The molecule has 1 aromatic rings. The van der Waals surface area contributed by atoms with Gasteiger partial charge < -0.3 is 0 Å². The van der Waals surface area contributed by atoms with E-state index >= 15 is 0 Å². The highest BCUT2D eigenvalue weighted by molar-refractivity contribution is 5.83. The van der Waals surface area contributed by atoms with Crippen LogP contribution in [-0.2, 0) is 11.2 Å². The van der Waals surface area contributed by atoms with E-state index in [1.54, 1.807) is 0 Å². The number of carbonyl (C=O) groups excluding carboxylic acids is 1. The van der Waals surface area contributed by atoms with Gasteiger partial charge in [0.1, 0.15) is 5.78 Å². The van der Waals surface area contributed by atoms with Crippen LogP contribution in [0.25, 0.3) is 0 Å². The van der Waals surface area contributed by atoms with Gasteiger partial charge in [-0.3, -0.25) is 4.79 Å². The SMILES string of the molecule is CC1CCCC(C(=O)Cc2cccc(F)c2F)C1. The molecule has 1 nitrogen and oxygen atoms in total. The minimum atomic E-state index is -0.880. The maximum atomic E-state index is 13.5. The van der Waals surface area contributed by atoms with Crippen molar-refractivity contribution in [2.75, 3.05) is 0 Å². The Kier molecular flexibility index (Phi) is 4.10. The summed E-state index contributed by atoms with van der Waals surface area (Å²) in [5, 5.41) is 0. The summed E-state index contributed by atoms with van der Waals surface area (Å²) in [6.45, 7) is 2.14. The smallest absolute Gasteiger partial charge is 0.162 e. The van der Waals surface area contributed by atoms with Crippen molar-refractivity contribution in [3.05, 3.63) is 35.4 Å². The number of rotatable bonds is 3. The molecular formula is C15H18F2O. The fourth-order valence-electron chi connectivity index (χ4n) is 2.74. The van der Waals surface area contributed by atoms with E-state index in [0.717, 1.165) is 31.7 Å². The van der Waals surface area contributed by atoms with Gasteiger partial charge >= 0.3 is 0 Å². The molecule has 0 saturated heterocycles. The molecule has 2 rings (SSSR count). The molecule has 0 N–H and O–H groups in total. The average molecular weight is 252 g/mol. The minimum absolute atomic E-state index is 0.0149. The van der Waals surface area contributed by atoms with E-state index in [1.165, 1.54) is 12.1 Å². The Bertz CT molecular complexity index is 442. The standard InChI is InChI=1S/C15H18F2O/c1-10-4-2-5-11(8-10)14(18)9-12-6-3-7-13(16)15(12)17/h3,6-7,10-11H,2,4-5,8-9H2,1H3. The third kappa shape index (κ3) is 2.95. The molecule has 3 heteroatoms. The number of halogens is 2. The summed E-state index contributed by atoms with van der Waals surface area (Å²) in [5.41, 5.74) is 0.179. The molecule has 98 valence electrons. The van der Waals surface area contributed by atoms with Gasteiger partial charge in [0.05, 0.1) is 0 Å². The number of hydrogen-bond donors (Lipinski definition) is 0. The van der Waals surface area contributed by atoms with Crippen molar-refractivity contribution in [3.8, 4) is 0 Å². The Balaban J connectivity index is 2.04. The zero-order chi connectivity index (χ0) is 13.1. The fraction of sp³-hybridized carbons (Fsp3) is 0.533. The second-order valence-electron chi connectivity index (χ2n) is 5.32. The summed E-state index contributed by atoms with van der Waals surface area (Å²) in [6, 6.07) is 4.01. The minimum Gasteiger partial charge on any atom is -0.299 e. The van der Waals surface area contributed by atoms with E-state index in [4.69, 9.17) is 0 Å². The topological polar surface area (TPSA) is 17.1 Å². The number of benzene rings is 1. The molecule has 0 bridgehead atoms. The summed E-state index contributed by atoms with van der Waals surface area (Å²) in [5.74, 6) is -1.13. The Labute approximate surface area is 106 Å².